The van der Waals surface area contributed by atoms with Crippen LogP contribution in [0.3, 0.4) is 0 Å². The van der Waals surface area contributed by atoms with Gasteiger partial charge in [-0.15, -0.1) is 0 Å². The van der Waals surface area contributed by atoms with Crippen LogP contribution in [0.4, 0.5) is 0 Å². The van der Waals surface area contributed by atoms with Crippen LogP contribution in [0.2, 0.25) is 5.02 Å². The fraction of sp³-hybridized carbons (Fsp3) is 0.571. The summed E-state index contributed by atoms with van der Waals surface area (Å²) in [4.78, 5) is 0. The van der Waals surface area contributed by atoms with Crippen molar-refractivity contribution in [3.63, 3.8) is 0 Å². The van der Waals surface area contributed by atoms with Crippen LogP contribution in [0.25, 0.3) is 0 Å². The van der Waals surface area contributed by atoms with Crippen molar-refractivity contribution in [3.8, 4) is 0 Å². The molecule has 3 N–H and O–H groups in total. The molecule has 1 saturated carbocycles. The van der Waals surface area contributed by atoms with Gasteiger partial charge in [0.15, 0.2) is 0 Å². The highest BCUT2D eigenvalue weighted by atomic mass is 79.9. The Kier molecular flexibility index (Phi) is 5.07. The van der Waals surface area contributed by atoms with E-state index >= 15 is 0 Å². The van der Waals surface area contributed by atoms with Crippen LogP contribution >= 0.6 is 27.5 Å². The molecular weight excluding hydrogens is 314 g/mol. The molecule has 0 bridgehead atoms. The molecule has 0 aliphatic heterocycles. The Morgan fingerprint density at radius 1 is 1.28 bits per heavy atom. The van der Waals surface area contributed by atoms with Crippen LogP contribution in [0.1, 0.15) is 43.7 Å². The zero-order valence-corrected chi connectivity index (χ0v) is 12.6. The third-order valence-corrected chi connectivity index (χ3v) is 5.04. The van der Waals surface area contributed by atoms with Gasteiger partial charge in [-0.3, -0.25) is 0 Å². The Bertz CT molecular complexity index is 407. The van der Waals surface area contributed by atoms with Gasteiger partial charge in [0, 0.05) is 4.47 Å². The predicted octanol–water partition coefficient (Wildman–Crippen LogP) is 4.04. The summed E-state index contributed by atoms with van der Waals surface area (Å²) in [6.45, 7) is 0. The molecule has 0 saturated heterocycles. The maximum atomic E-state index is 10.4. The molecule has 0 radical (unpaired) electrons. The van der Waals surface area contributed by atoms with Crippen LogP contribution in [0.15, 0.2) is 22.7 Å². The van der Waals surface area contributed by atoms with E-state index in [9.17, 15) is 5.11 Å². The number of nitrogens with two attached hydrogens (primary N) is 1. The van der Waals surface area contributed by atoms with E-state index in [1.54, 1.807) is 0 Å². The number of aliphatic hydroxyl groups is 1. The second-order valence-electron chi connectivity index (χ2n) is 5.09. The molecule has 0 heterocycles. The quantitative estimate of drug-likeness (QED) is 0.877. The average Bonchev–Trinajstić information content (AvgIpc) is 2.41. The number of aliphatic hydroxyl groups excluding tert-OH is 1. The molecule has 0 aromatic heterocycles. The van der Waals surface area contributed by atoms with Crippen LogP contribution in [-0.4, -0.2) is 11.2 Å². The van der Waals surface area contributed by atoms with Crippen LogP contribution in [0, 0.1) is 5.92 Å². The Labute approximate surface area is 122 Å². The van der Waals surface area contributed by atoms with E-state index < -0.39 is 6.10 Å². The van der Waals surface area contributed by atoms with Crippen molar-refractivity contribution in [2.45, 2.75) is 44.2 Å². The summed E-state index contributed by atoms with van der Waals surface area (Å²) in [6.07, 6.45) is 5.41. The van der Waals surface area contributed by atoms with Crippen molar-refractivity contribution in [2.24, 2.45) is 11.7 Å². The highest BCUT2D eigenvalue weighted by Crippen LogP contribution is 2.33. The minimum atomic E-state index is -0.460. The number of hydrogen-bond donors (Lipinski definition) is 2. The summed E-state index contributed by atoms with van der Waals surface area (Å²) >= 11 is 9.35. The van der Waals surface area contributed by atoms with E-state index in [1.807, 2.05) is 18.2 Å². The summed E-state index contributed by atoms with van der Waals surface area (Å²) in [5.41, 5.74) is 7.11. The Balaban J connectivity index is 2.09. The van der Waals surface area contributed by atoms with E-state index in [2.05, 4.69) is 15.9 Å². The number of halogens is 2. The molecule has 1 aromatic rings. The van der Waals surface area contributed by atoms with Gasteiger partial charge in [0.05, 0.1) is 17.2 Å². The first-order valence-electron chi connectivity index (χ1n) is 6.48. The van der Waals surface area contributed by atoms with Gasteiger partial charge in [-0.05, 0) is 52.4 Å². The van der Waals surface area contributed by atoms with Gasteiger partial charge in [0.25, 0.3) is 0 Å². The van der Waals surface area contributed by atoms with Crippen LogP contribution in [-0.2, 0) is 0 Å². The number of hydrogen-bond acceptors (Lipinski definition) is 2. The van der Waals surface area contributed by atoms with Gasteiger partial charge in [-0.1, -0.05) is 36.9 Å². The molecule has 1 fully saturated rings. The maximum Gasteiger partial charge on any atom is 0.0760 e. The Morgan fingerprint density at radius 3 is 2.56 bits per heavy atom. The smallest absolute Gasteiger partial charge is 0.0760 e. The molecule has 0 amide bonds. The third-order valence-electron chi connectivity index (χ3n) is 3.83. The molecule has 0 spiro atoms. The largest absolute Gasteiger partial charge is 0.391 e. The van der Waals surface area contributed by atoms with E-state index in [0.29, 0.717) is 10.9 Å². The molecule has 2 rings (SSSR count). The minimum absolute atomic E-state index is 0.332. The fourth-order valence-electron chi connectivity index (χ4n) is 2.69. The summed E-state index contributed by atoms with van der Waals surface area (Å²) in [5, 5.41) is 11.0. The molecular formula is C14H19BrClNO. The molecule has 4 heteroatoms. The third kappa shape index (κ3) is 3.27. The van der Waals surface area contributed by atoms with Crippen LogP contribution < -0.4 is 5.73 Å². The van der Waals surface area contributed by atoms with Crippen molar-refractivity contribution < 1.29 is 5.11 Å². The van der Waals surface area contributed by atoms with Crippen molar-refractivity contribution in [2.75, 3.05) is 0 Å². The van der Waals surface area contributed by atoms with Gasteiger partial charge >= 0.3 is 0 Å². The van der Waals surface area contributed by atoms with Crippen molar-refractivity contribution in [1.82, 2.24) is 0 Å². The number of rotatable bonds is 3. The molecule has 2 atom stereocenters. The fourth-order valence-corrected chi connectivity index (χ4v) is 3.20. The molecule has 1 aliphatic rings. The first-order chi connectivity index (χ1) is 8.59. The standard InChI is InChI=1S/C14H19BrClNO/c15-11-8-10(6-7-12(11)16)13(17)14(18)9-4-2-1-3-5-9/h6-9,13-14,18H,1-5,17H2/t13-,14+/m0/s1. The van der Waals surface area contributed by atoms with Crippen LogP contribution in [0.5, 0.6) is 0 Å². The molecule has 1 aliphatic carbocycles. The summed E-state index contributed by atoms with van der Waals surface area (Å²) in [7, 11) is 0. The van der Waals surface area contributed by atoms with E-state index in [-0.39, 0.29) is 6.04 Å². The molecule has 100 valence electrons. The highest BCUT2D eigenvalue weighted by Gasteiger charge is 2.27. The second-order valence-corrected chi connectivity index (χ2v) is 6.35. The molecule has 18 heavy (non-hydrogen) atoms. The monoisotopic (exact) mass is 331 g/mol. The molecule has 0 unspecified atom stereocenters. The average molecular weight is 333 g/mol. The zero-order valence-electron chi connectivity index (χ0n) is 10.3. The van der Waals surface area contributed by atoms with Gasteiger partial charge in [0.1, 0.15) is 0 Å². The summed E-state index contributed by atoms with van der Waals surface area (Å²) in [6, 6.07) is 5.28. The van der Waals surface area contributed by atoms with Gasteiger partial charge in [0.2, 0.25) is 0 Å². The second kappa shape index (κ2) is 6.38. The van der Waals surface area contributed by atoms with E-state index in [0.717, 1.165) is 22.9 Å². The minimum Gasteiger partial charge on any atom is -0.391 e. The maximum absolute atomic E-state index is 10.4. The summed E-state index contributed by atoms with van der Waals surface area (Å²) in [5.74, 6) is 0.336. The normalized spacial score (nSPS) is 20.7. The number of benzene rings is 1. The highest BCUT2D eigenvalue weighted by molar-refractivity contribution is 9.10. The van der Waals surface area contributed by atoms with Crippen molar-refractivity contribution in [1.29, 1.82) is 0 Å². The lowest BCUT2D eigenvalue weighted by Gasteiger charge is -2.30. The SMILES string of the molecule is N[C@@H](c1ccc(Cl)c(Br)c1)[C@H](O)C1CCCCC1. The lowest BCUT2D eigenvalue weighted by Crippen LogP contribution is -2.34. The van der Waals surface area contributed by atoms with Gasteiger partial charge in [-0.2, -0.15) is 0 Å². The molecule has 1 aromatic carbocycles. The Hall–Kier alpha value is -0.0900. The topological polar surface area (TPSA) is 46.2 Å². The van der Waals surface area contributed by atoms with Gasteiger partial charge < -0.3 is 10.8 Å². The predicted molar refractivity (Wildman–Crippen MR) is 78.7 cm³/mol. The Morgan fingerprint density at radius 2 is 1.94 bits per heavy atom. The lowest BCUT2D eigenvalue weighted by atomic mass is 9.81. The summed E-state index contributed by atoms with van der Waals surface area (Å²) < 4.78 is 0.827. The lowest BCUT2D eigenvalue weighted by molar-refractivity contribution is 0.0618. The van der Waals surface area contributed by atoms with E-state index in [4.69, 9.17) is 17.3 Å². The van der Waals surface area contributed by atoms with Crippen molar-refractivity contribution >= 4 is 27.5 Å². The first kappa shape index (κ1) is 14.3. The first-order valence-corrected chi connectivity index (χ1v) is 7.65. The van der Waals surface area contributed by atoms with Gasteiger partial charge in [-0.25, -0.2) is 0 Å². The zero-order chi connectivity index (χ0) is 13.1. The van der Waals surface area contributed by atoms with E-state index in [1.165, 1.54) is 19.3 Å². The molecule has 2 nitrogen and oxygen atoms in total. The van der Waals surface area contributed by atoms with Crippen molar-refractivity contribution in [3.05, 3.63) is 33.3 Å².